The minimum Gasteiger partial charge on any atom is -0.0906 e. The molecule has 1 aromatic rings. The quantitative estimate of drug-likeness (QED) is 0.563. The first-order chi connectivity index (χ1) is 6.72. The Morgan fingerprint density at radius 3 is 1.43 bits per heavy atom. The van der Waals surface area contributed by atoms with Gasteiger partial charge in [-0.3, -0.25) is 0 Å². The molecule has 72 valence electrons. The van der Waals surface area contributed by atoms with Gasteiger partial charge < -0.3 is 0 Å². The first kappa shape index (κ1) is 10.5. The van der Waals surface area contributed by atoms with Crippen molar-refractivity contribution in [3.8, 4) is 0 Å². The third-order valence-electron chi connectivity index (χ3n) is 2.31. The normalized spacial score (nSPS) is 13.4. The van der Waals surface area contributed by atoms with Crippen LogP contribution in [0.5, 0.6) is 0 Å². The van der Waals surface area contributed by atoms with Gasteiger partial charge in [0.05, 0.1) is 0 Å². The standard InChI is InChI=1S/C12H10.C2H6/c1-8-9(2)11-6-4-5-7-12(11)10(8)3;1-2/h4-7H,1-3H2;1-2H3. The van der Waals surface area contributed by atoms with E-state index in [0.717, 1.165) is 16.7 Å². The molecule has 14 heavy (non-hydrogen) atoms. The van der Waals surface area contributed by atoms with Gasteiger partial charge in [0.15, 0.2) is 0 Å². The lowest BCUT2D eigenvalue weighted by atomic mass is 10.1. The lowest BCUT2D eigenvalue weighted by Gasteiger charge is -1.95. The molecule has 1 aromatic carbocycles. The van der Waals surface area contributed by atoms with Gasteiger partial charge >= 0.3 is 0 Å². The Morgan fingerprint density at radius 2 is 1.07 bits per heavy atom. The Balaban J connectivity index is 0.000000461. The van der Waals surface area contributed by atoms with E-state index in [0.29, 0.717) is 0 Å². The van der Waals surface area contributed by atoms with Gasteiger partial charge in [-0.1, -0.05) is 57.8 Å². The number of allylic oxidation sites excluding steroid dienone is 3. The van der Waals surface area contributed by atoms with Crippen LogP contribution < -0.4 is 0 Å². The molecule has 0 N–H and O–H groups in total. The number of hydrogen-bond donors (Lipinski definition) is 0. The van der Waals surface area contributed by atoms with Crippen molar-refractivity contribution >= 4 is 11.1 Å². The second kappa shape index (κ2) is 4.10. The van der Waals surface area contributed by atoms with E-state index in [1.807, 2.05) is 26.0 Å². The molecule has 0 aromatic heterocycles. The predicted octanol–water partition coefficient (Wildman–Crippen LogP) is 4.31. The minimum atomic E-state index is 0.969. The van der Waals surface area contributed by atoms with Crippen LogP contribution in [0, 0.1) is 0 Å². The van der Waals surface area contributed by atoms with Crippen LogP contribution in [0.25, 0.3) is 11.1 Å². The summed E-state index contributed by atoms with van der Waals surface area (Å²) in [6.07, 6.45) is 0. The molecule has 0 aliphatic heterocycles. The largest absolute Gasteiger partial charge is 0.0906 e. The van der Waals surface area contributed by atoms with Crippen molar-refractivity contribution in [1.29, 1.82) is 0 Å². The van der Waals surface area contributed by atoms with Gasteiger partial charge in [0.25, 0.3) is 0 Å². The molecule has 0 unspecified atom stereocenters. The molecule has 1 aliphatic carbocycles. The Morgan fingerprint density at radius 1 is 0.714 bits per heavy atom. The van der Waals surface area contributed by atoms with Crippen molar-refractivity contribution in [3.05, 3.63) is 60.7 Å². The van der Waals surface area contributed by atoms with E-state index in [1.54, 1.807) is 0 Å². The van der Waals surface area contributed by atoms with E-state index >= 15 is 0 Å². The predicted molar refractivity (Wildman–Crippen MR) is 65.0 cm³/mol. The van der Waals surface area contributed by atoms with E-state index in [9.17, 15) is 0 Å². The smallest absolute Gasteiger partial charge is 0.0105 e. The lowest BCUT2D eigenvalue weighted by molar-refractivity contribution is 1.50. The fourth-order valence-electron chi connectivity index (χ4n) is 1.52. The molecule has 0 amide bonds. The van der Waals surface area contributed by atoms with Crippen LogP contribution in [0.4, 0.5) is 0 Å². The summed E-state index contributed by atoms with van der Waals surface area (Å²) < 4.78 is 0. The Bertz CT molecular complexity index is 357. The number of benzene rings is 1. The summed E-state index contributed by atoms with van der Waals surface area (Å²) in [7, 11) is 0. The summed E-state index contributed by atoms with van der Waals surface area (Å²) in [6, 6.07) is 8.13. The molecule has 0 heterocycles. The van der Waals surface area contributed by atoms with Gasteiger partial charge in [-0.25, -0.2) is 0 Å². The fourth-order valence-corrected chi connectivity index (χ4v) is 1.52. The van der Waals surface area contributed by atoms with E-state index in [-0.39, 0.29) is 0 Å². The molecule has 1 aliphatic rings. The average Bonchev–Trinajstić information content (AvgIpc) is 2.48. The molecular formula is C14H16. The molecule has 0 atom stereocenters. The topological polar surface area (TPSA) is 0 Å². The highest BCUT2D eigenvalue weighted by atomic mass is 14.2. The Labute approximate surface area is 86.3 Å². The summed E-state index contributed by atoms with van der Waals surface area (Å²) in [6.45, 7) is 15.9. The molecule has 0 heteroatoms. The number of rotatable bonds is 0. The third kappa shape index (κ3) is 1.44. The van der Waals surface area contributed by atoms with Crippen LogP contribution in [0.2, 0.25) is 0 Å². The second-order valence-electron chi connectivity index (χ2n) is 2.98. The Kier molecular flexibility index (Phi) is 3.08. The average molecular weight is 184 g/mol. The molecule has 0 spiro atoms. The minimum absolute atomic E-state index is 0.969. The highest BCUT2D eigenvalue weighted by molar-refractivity contribution is 6.06. The van der Waals surface area contributed by atoms with Crippen LogP contribution in [-0.4, -0.2) is 0 Å². The fraction of sp³-hybridized carbons (Fsp3) is 0.143. The monoisotopic (exact) mass is 184 g/mol. The molecular weight excluding hydrogens is 168 g/mol. The van der Waals surface area contributed by atoms with E-state index in [2.05, 4.69) is 31.9 Å². The molecule has 0 saturated heterocycles. The second-order valence-corrected chi connectivity index (χ2v) is 2.98. The van der Waals surface area contributed by atoms with E-state index < -0.39 is 0 Å². The molecule has 0 saturated carbocycles. The lowest BCUT2D eigenvalue weighted by Crippen LogP contribution is -1.76. The summed E-state index contributed by atoms with van der Waals surface area (Å²) in [4.78, 5) is 0. The molecule has 0 fully saturated rings. The third-order valence-corrected chi connectivity index (χ3v) is 2.31. The molecule has 2 rings (SSSR count). The van der Waals surface area contributed by atoms with Crippen LogP contribution in [0.15, 0.2) is 49.6 Å². The van der Waals surface area contributed by atoms with Crippen molar-refractivity contribution in [3.63, 3.8) is 0 Å². The van der Waals surface area contributed by atoms with Crippen LogP contribution in [0.3, 0.4) is 0 Å². The van der Waals surface area contributed by atoms with Crippen molar-refractivity contribution in [2.75, 3.05) is 0 Å². The maximum atomic E-state index is 3.97. The van der Waals surface area contributed by atoms with Gasteiger partial charge in [-0.15, -0.1) is 0 Å². The summed E-state index contributed by atoms with van der Waals surface area (Å²) >= 11 is 0. The van der Waals surface area contributed by atoms with Crippen molar-refractivity contribution in [2.45, 2.75) is 13.8 Å². The first-order valence-electron chi connectivity index (χ1n) is 4.89. The zero-order valence-electron chi connectivity index (χ0n) is 8.93. The maximum Gasteiger partial charge on any atom is -0.0105 e. The van der Waals surface area contributed by atoms with Crippen LogP contribution in [-0.2, 0) is 0 Å². The van der Waals surface area contributed by atoms with Crippen LogP contribution >= 0.6 is 0 Å². The first-order valence-corrected chi connectivity index (χ1v) is 4.89. The van der Waals surface area contributed by atoms with Crippen LogP contribution in [0.1, 0.15) is 25.0 Å². The summed E-state index contributed by atoms with van der Waals surface area (Å²) in [5, 5.41) is 0. The SMILES string of the molecule is C=C1C(=C)c2ccccc2C1=C.CC. The van der Waals surface area contributed by atoms with Crippen molar-refractivity contribution in [2.24, 2.45) is 0 Å². The summed E-state index contributed by atoms with van der Waals surface area (Å²) in [5.74, 6) is 0. The molecule has 0 nitrogen and oxygen atoms in total. The Hall–Kier alpha value is -1.56. The highest BCUT2D eigenvalue weighted by Gasteiger charge is 2.20. The number of hydrogen-bond acceptors (Lipinski definition) is 0. The highest BCUT2D eigenvalue weighted by Crippen LogP contribution is 2.41. The van der Waals surface area contributed by atoms with Gasteiger partial charge in [0.1, 0.15) is 0 Å². The zero-order valence-corrected chi connectivity index (χ0v) is 8.93. The van der Waals surface area contributed by atoms with E-state index in [1.165, 1.54) is 11.1 Å². The van der Waals surface area contributed by atoms with Crippen molar-refractivity contribution in [1.82, 2.24) is 0 Å². The number of fused-ring (bicyclic) bond motifs is 1. The van der Waals surface area contributed by atoms with Gasteiger partial charge in [-0.05, 0) is 27.8 Å². The summed E-state index contributed by atoms with van der Waals surface area (Å²) in [5.41, 5.74) is 5.34. The van der Waals surface area contributed by atoms with Crippen molar-refractivity contribution < 1.29 is 0 Å². The van der Waals surface area contributed by atoms with E-state index in [4.69, 9.17) is 0 Å². The van der Waals surface area contributed by atoms with Gasteiger partial charge in [0, 0.05) is 0 Å². The molecule has 0 radical (unpaired) electrons. The zero-order chi connectivity index (χ0) is 10.7. The van der Waals surface area contributed by atoms with Gasteiger partial charge in [-0.2, -0.15) is 0 Å². The van der Waals surface area contributed by atoms with Gasteiger partial charge in [0.2, 0.25) is 0 Å². The molecule has 0 bridgehead atoms. The maximum absolute atomic E-state index is 3.97.